The van der Waals surface area contributed by atoms with Crippen LogP contribution >= 0.6 is 0 Å². The molecule has 5 heteroatoms. The van der Waals surface area contributed by atoms with Gasteiger partial charge in [0.05, 0.1) is 6.42 Å². The molecule has 0 bridgehead atoms. The van der Waals surface area contributed by atoms with Crippen LogP contribution in [0, 0.1) is 17.6 Å². The summed E-state index contributed by atoms with van der Waals surface area (Å²) in [6, 6.07) is 3.49. The van der Waals surface area contributed by atoms with Crippen molar-refractivity contribution in [2.45, 2.75) is 38.6 Å². The first-order valence-electron chi connectivity index (χ1n) is 7.50. The number of carbonyl (C=O) groups excluding carboxylic acids is 1. The number of rotatable bonds is 5. The minimum Gasteiger partial charge on any atom is -0.339 e. The Labute approximate surface area is 124 Å². The van der Waals surface area contributed by atoms with Crippen LogP contribution in [0.2, 0.25) is 0 Å². The van der Waals surface area contributed by atoms with Gasteiger partial charge in [0.25, 0.3) is 0 Å². The molecule has 0 saturated heterocycles. The maximum atomic E-state index is 13.7. The third-order valence-electron chi connectivity index (χ3n) is 4.34. The monoisotopic (exact) mass is 296 g/mol. The number of nitrogens with two attached hydrogens (primary N) is 1. The summed E-state index contributed by atoms with van der Waals surface area (Å²) >= 11 is 0. The van der Waals surface area contributed by atoms with Gasteiger partial charge in [-0.05, 0) is 43.9 Å². The van der Waals surface area contributed by atoms with Gasteiger partial charge in [-0.3, -0.25) is 4.79 Å². The van der Waals surface area contributed by atoms with E-state index in [1.54, 1.807) is 4.90 Å². The Morgan fingerprint density at radius 2 is 2.14 bits per heavy atom. The molecule has 21 heavy (non-hydrogen) atoms. The fourth-order valence-electron chi connectivity index (χ4n) is 3.23. The van der Waals surface area contributed by atoms with E-state index in [9.17, 15) is 13.6 Å². The molecule has 1 aromatic carbocycles. The Balaban J connectivity index is 2.09. The second kappa shape index (κ2) is 6.98. The molecule has 1 aliphatic rings. The van der Waals surface area contributed by atoms with E-state index in [1.165, 1.54) is 12.1 Å². The molecule has 0 radical (unpaired) electrons. The number of benzene rings is 1. The van der Waals surface area contributed by atoms with Gasteiger partial charge in [0.2, 0.25) is 5.91 Å². The lowest BCUT2D eigenvalue weighted by Crippen LogP contribution is -2.44. The molecule has 3 nitrogen and oxygen atoms in total. The third-order valence-corrected chi connectivity index (χ3v) is 4.34. The summed E-state index contributed by atoms with van der Waals surface area (Å²) in [5.74, 6) is -1.09. The van der Waals surface area contributed by atoms with E-state index in [0.29, 0.717) is 19.0 Å². The summed E-state index contributed by atoms with van der Waals surface area (Å²) in [6.45, 7) is 3.08. The summed E-state index contributed by atoms with van der Waals surface area (Å²) in [6.07, 6.45) is 3.03. The Kier molecular flexibility index (Phi) is 5.28. The Hall–Kier alpha value is -1.49. The van der Waals surface area contributed by atoms with Gasteiger partial charge >= 0.3 is 0 Å². The predicted molar refractivity (Wildman–Crippen MR) is 77.6 cm³/mol. The largest absolute Gasteiger partial charge is 0.339 e. The topological polar surface area (TPSA) is 46.3 Å². The summed E-state index contributed by atoms with van der Waals surface area (Å²) in [5, 5.41) is 0. The summed E-state index contributed by atoms with van der Waals surface area (Å²) in [5.41, 5.74) is 6.01. The van der Waals surface area contributed by atoms with Gasteiger partial charge in [0, 0.05) is 18.7 Å². The highest BCUT2D eigenvalue weighted by atomic mass is 19.1. The molecule has 0 aromatic heterocycles. The Morgan fingerprint density at radius 1 is 1.38 bits per heavy atom. The number of carbonyl (C=O) groups is 1. The smallest absolute Gasteiger partial charge is 0.227 e. The molecule has 1 amide bonds. The van der Waals surface area contributed by atoms with Crippen LogP contribution in [0.25, 0.3) is 0 Å². The van der Waals surface area contributed by atoms with E-state index in [2.05, 4.69) is 0 Å². The molecule has 2 N–H and O–H groups in total. The number of halogens is 2. The molecule has 1 aromatic rings. The van der Waals surface area contributed by atoms with E-state index >= 15 is 0 Å². The van der Waals surface area contributed by atoms with E-state index in [0.717, 1.165) is 25.3 Å². The maximum Gasteiger partial charge on any atom is 0.227 e. The van der Waals surface area contributed by atoms with Crippen molar-refractivity contribution >= 4 is 5.91 Å². The van der Waals surface area contributed by atoms with Gasteiger partial charge in [0.1, 0.15) is 11.6 Å². The second-order valence-electron chi connectivity index (χ2n) is 5.59. The van der Waals surface area contributed by atoms with Crippen molar-refractivity contribution in [3.05, 3.63) is 35.4 Å². The predicted octanol–water partition coefficient (Wildman–Crippen LogP) is 2.48. The highest BCUT2D eigenvalue weighted by Crippen LogP contribution is 2.29. The lowest BCUT2D eigenvalue weighted by molar-refractivity contribution is -0.133. The SMILES string of the molecule is CCN(C(=O)Cc1ccc(F)cc1F)C1CCCC1CN. The minimum atomic E-state index is -0.666. The lowest BCUT2D eigenvalue weighted by Gasteiger charge is -2.32. The lowest BCUT2D eigenvalue weighted by atomic mass is 10.0. The fourth-order valence-corrected chi connectivity index (χ4v) is 3.23. The zero-order valence-electron chi connectivity index (χ0n) is 12.3. The molecule has 2 unspecified atom stereocenters. The van der Waals surface area contributed by atoms with Crippen LogP contribution in [0.5, 0.6) is 0 Å². The van der Waals surface area contributed by atoms with Crippen molar-refractivity contribution in [1.29, 1.82) is 0 Å². The highest BCUT2D eigenvalue weighted by Gasteiger charge is 2.33. The molecule has 1 fully saturated rings. The van der Waals surface area contributed by atoms with Crippen LogP contribution < -0.4 is 5.73 Å². The summed E-state index contributed by atoms with van der Waals surface area (Å²) in [7, 11) is 0. The van der Waals surface area contributed by atoms with Crippen LogP contribution in [0.1, 0.15) is 31.7 Å². The molecule has 0 heterocycles. The minimum absolute atomic E-state index is 0.0340. The molecular formula is C16H22F2N2O. The van der Waals surface area contributed by atoms with Gasteiger partial charge in [-0.1, -0.05) is 12.5 Å². The zero-order valence-corrected chi connectivity index (χ0v) is 12.3. The van der Waals surface area contributed by atoms with Crippen molar-refractivity contribution in [3.8, 4) is 0 Å². The van der Waals surface area contributed by atoms with Gasteiger partial charge < -0.3 is 10.6 Å². The fraction of sp³-hybridized carbons (Fsp3) is 0.562. The van der Waals surface area contributed by atoms with Crippen LogP contribution in [0.15, 0.2) is 18.2 Å². The molecule has 1 saturated carbocycles. The summed E-state index contributed by atoms with van der Waals surface area (Å²) in [4.78, 5) is 14.3. The normalized spacial score (nSPS) is 21.5. The first-order chi connectivity index (χ1) is 10.1. The van der Waals surface area contributed by atoms with Crippen LogP contribution in [-0.2, 0) is 11.2 Å². The number of likely N-dealkylation sites (N-methyl/N-ethyl adjacent to an activating group) is 1. The zero-order chi connectivity index (χ0) is 15.4. The van der Waals surface area contributed by atoms with E-state index in [-0.39, 0.29) is 23.9 Å². The van der Waals surface area contributed by atoms with Crippen molar-refractivity contribution in [2.75, 3.05) is 13.1 Å². The average Bonchev–Trinajstić information content (AvgIpc) is 2.91. The van der Waals surface area contributed by atoms with Gasteiger partial charge in [-0.15, -0.1) is 0 Å². The molecule has 0 spiro atoms. The number of amides is 1. The molecule has 116 valence electrons. The number of hydrogen-bond donors (Lipinski definition) is 1. The van der Waals surface area contributed by atoms with Crippen LogP contribution in [0.3, 0.4) is 0 Å². The number of nitrogens with zero attached hydrogens (tertiary/aromatic N) is 1. The van der Waals surface area contributed by atoms with E-state index in [1.807, 2.05) is 6.92 Å². The molecular weight excluding hydrogens is 274 g/mol. The first-order valence-corrected chi connectivity index (χ1v) is 7.50. The van der Waals surface area contributed by atoms with Crippen LogP contribution in [-0.4, -0.2) is 29.9 Å². The van der Waals surface area contributed by atoms with E-state index < -0.39 is 11.6 Å². The third kappa shape index (κ3) is 3.59. The maximum absolute atomic E-state index is 13.7. The Bertz CT molecular complexity index is 507. The summed E-state index contributed by atoms with van der Waals surface area (Å²) < 4.78 is 26.6. The van der Waals surface area contributed by atoms with Crippen molar-refractivity contribution in [1.82, 2.24) is 4.90 Å². The average molecular weight is 296 g/mol. The highest BCUT2D eigenvalue weighted by molar-refractivity contribution is 5.79. The number of hydrogen-bond acceptors (Lipinski definition) is 2. The van der Waals surface area contributed by atoms with Gasteiger partial charge in [0.15, 0.2) is 0 Å². The van der Waals surface area contributed by atoms with E-state index in [4.69, 9.17) is 5.73 Å². The van der Waals surface area contributed by atoms with Gasteiger partial charge in [-0.2, -0.15) is 0 Å². The van der Waals surface area contributed by atoms with Crippen molar-refractivity contribution in [2.24, 2.45) is 11.7 Å². The standard InChI is InChI=1S/C16H22F2N2O/c1-2-20(15-5-3-4-12(15)10-19)16(21)8-11-6-7-13(17)9-14(11)18/h6-7,9,12,15H,2-5,8,10,19H2,1H3. The van der Waals surface area contributed by atoms with Crippen LogP contribution in [0.4, 0.5) is 8.78 Å². The molecule has 1 aliphatic carbocycles. The molecule has 0 aliphatic heterocycles. The van der Waals surface area contributed by atoms with Crippen molar-refractivity contribution < 1.29 is 13.6 Å². The van der Waals surface area contributed by atoms with Gasteiger partial charge in [-0.25, -0.2) is 8.78 Å². The molecule has 2 atom stereocenters. The first kappa shape index (κ1) is 15.9. The Morgan fingerprint density at radius 3 is 2.76 bits per heavy atom. The molecule has 2 rings (SSSR count). The second-order valence-corrected chi connectivity index (χ2v) is 5.59. The van der Waals surface area contributed by atoms with Crippen molar-refractivity contribution in [3.63, 3.8) is 0 Å². The quantitative estimate of drug-likeness (QED) is 0.907.